The predicted molar refractivity (Wildman–Crippen MR) is 101 cm³/mol. The number of benzene rings is 2. The second kappa shape index (κ2) is 8.20. The van der Waals surface area contributed by atoms with E-state index in [2.05, 4.69) is 23.5 Å². The van der Waals surface area contributed by atoms with E-state index in [9.17, 15) is 8.42 Å². The Morgan fingerprint density at radius 1 is 0.875 bits per heavy atom. The molecule has 0 unspecified atom stereocenters. The van der Waals surface area contributed by atoms with Crippen molar-refractivity contribution in [1.82, 2.24) is 0 Å². The number of aryl methyl sites for hydroxylation is 1. The summed E-state index contributed by atoms with van der Waals surface area (Å²) in [5, 5.41) is 0. The highest BCUT2D eigenvalue weighted by atomic mass is 32.2. The molecule has 0 aromatic heterocycles. The summed E-state index contributed by atoms with van der Waals surface area (Å²) in [5.41, 5.74) is 2.73. The molecule has 0 aliphatic heterocycles. The maximum atomic E-state index is 12.4. The predicted octanol–water partition coefficient (Wildman–Crippen LogP) is 4.42. The first kappa shape index (κ1) is 18.3. The maximum absolute atomic E-state index is 12.4. The number of hydrogen-bond donors (Lipinski definition) is 1. The molecule has 5 heteroatoms. The van der Waals surface area contributed by atoms with E-state index in [0.29, 0.717) is 5.69 Å². The summed E-state index contributed by atoms with van der Waals surface area (Å²) < 4.78 is 27.5. The van der Waals surface area contributed by atoms with Crippen molar-refractivity contribution in [3.63, 3.8) is 0 Å². The van der Waals surface area contributed by atoms with Crippen LogP contribution in [0.3, 0.4) is 0 Å². The summed E-state index contributed by atoms with van der Waals surface area (Å²) in [7, 11) is -3.55. The third-order valence-electron chi connectivity index (χ3n) is 3.80. The molecule has 0 saturated heterocycles. The summed E-state index contributed by atoms with van der Waals surface area (Å²) >= 11 is 0. The molecule has 4 nitrogen and oxygen atoms in total. The van der Waals surface area contributed by atoms with E-state index in [1.165, 1.54) is 0 Å². The van der Waals surface area contributed by atoms with Gasteiger partial charge in [0.05, 0.1) is 4.90 Å². The first-order valence-corrected chi connectivity index (χ1v) is 9.89. The normalized spacial score (nSPS) is 11.3. The second-order valence-electron chi connectivity index (χ2n) is 5.95. The number of nitrogens with zero attached hydrogens (tertiary/aromatic N) is 1. The van der Waals surface area contributed by atoms with E-state index in [4.69, 9.17) is 0 Å². The van der Waals surface area contributed by atoms with Crippen LogP contribution in [0.5, 0.6) is 0 Å². The van der Waals surface area contributed by atoms with E-state index >= 15 is 0 Å². The van der Waals surface area contributed by atoms with Crippen LogP contribution in [0, 0.1) is 6.92 Å². The summed E-state index contributed by atoms with van der Waals surface area (Å²) in [4.78, 5) is 2.59. The number of rotatable bonds is 8. The number of anilines is 2. The van der Waals surface area contributed by atoms with Crippen LogP contribution in [-0.2, 0) is 10.0 Å². The maximum Gasteiger partial charge on any atom is 0.261 e. The number of hydrogen-bond acceptors (Lipinski definition) is 3. The summed E-state index contributed by atoms with van der Waals surface area (Å²) in [6.07, 6.45) is 2.17. The van der Waals surface area contributed by atoms with Gasteiger partial charge in [-0.05, 0) is 56.2 Å². The largest absolute Gasteiger partial charge is 0.372 e. The Hall–Kier alpha value is -2.01. The van der Waals surface area contributed by atoms with Crippen LogP contribution in [0.25, 0.3) is 0 Å². The monoisotopic (exact) mass is 346 g/mol. The average molecular weight is 346 g/mol. The van der Waals surface area contributed by atoms with Crippen LogP contribution in [-0.4, -0.2) is 21.5 Å². The highest BCUT2D eigenvalue weighted by molar-refractivity contribution is 7.92. The molecule has 0 fully saturated rings. The quantitative estimate of drug-likeness (QED) is 0.769. The van der Waals surface area contributed by atoms with Crippen molar-refractivity contribution in [1.29, 1.82) is 0 Å². The van der Waals surface area contributed by atoms with Gasteiger partial charge in [-0.1, -0.05) is 31.5 Å². The lowest BCUT2D eigenvalue weighted by Gasteiger charge is -2.24. The zero-order valence-electron chi connectivity index (χ0n) is 14.6. The molecule has 0 bridgehead atoms. The van der Waals surface area contributed by atoms with Crippen LogP contribution in [0.2, 0.25) is 0 Å². The second-order valence-corrected chi connectivity index (χ2v) is 7.63. The fourth-order valence-corrected chi connectivity index (χ4v) is 3.64. The molecular formula is C19H26N2O2S. The molecular weight excluding hydrogens is 320 g/mol. The highest BCUT2D eigenvalue weighted by Crippen LogP contribution is 2.21. The Labute approximate surface area is 145 Å². The van der Waals surface area contributed by atoms with E-state index < -0.39 is 10.0 Å². The molecule has 0 radical (unpaired) electrons. The van der Waals surface area contributed by atoms with Crippen molar-refractivity contribution < 1.29 is 8.42 Å². The number of sulfonamides is 1. The molecule has 2 rings (SSSR count). The Morgan fingerprint density at radius 3 is 1.92 bits per heavy atom. The third kappa shape index (κ3) is 4.74. The standard InChI is InChI=1S/C19H26N2O2S/c1-4-14-21(15-5-2)18-10-8-17(9-11-18)20-24(22,23)19-12-6-16(3)7-13-19/h6-13,20H,4-5,14-15H2,1-3H3. The molecule has 0 aliphatic carbocycles. The van der Waals surface area contributed by atoms with Gasteiger partial charge in [0, 0.05) is 24.5 Å². The molecule has 2 aromatic rings. The average Bonchev–Trinajstić information content (AvgIpc) is 2.55. The van der Waals surface area contributed by atoms with Gasteiger partial charge in [-0.15, -0.1) is 0 Å². The first-order valence-electron chi connectivity index (χ1n) is 8.40. The van der Waals surface area contributed by atoms with Crippen LogP contribution >= 0.6 is 0 Å². The van der Waals surface area contributed by atoms with E-state index in [-0.39, 0.29) is 4.90 Å². The summed E-state index contributed by atoms with van der Waals surface area (Å²) in [6, 6.07) is 14.4. The van der Waals surface area contributed by atoms with Crippen molar-refractivity contribution in [2.75, 3.05) is 22.7 Å². The van der Waals surface area contributed by atoms with Gasteiger partial charge in [0.15, 0.2) is 0 Å². The van der Waals surface area contributed by atoms with Gasteiger partial charge in [-0.2, -0.15) is 0 Å². The van der Waals surface area contributed by atoms with Gasteiger partial charge in [0.2, 0.25) is 0 Å². The van der Waals surface area contributed by atoms with Crippen molar-refractivity contribution in [2.45, 2.75) is 38.5 Å². The lowest BCUT2D eigenvalue weighted by Crippen LogP contribution is -2.24. The van der Waals surface area contributed by atoms with Crippen molar-refractivity contribution >= 4 is 21.4 Å². The van der Waals surface area contributed by atoms with Crippen LogP contribution in [0.1, 0.15) is 32.3 Å². The van der Waals surface area contributed by atoms with Gasteiger partial charge >= 0.3 is 0 Å². The zero-order chi connectivity index (χ0) is 17.6. The molecule has 0 heterocycles. The Balaban J connectivity index is 2.14. The minimum atomic E-state index is -3.55. The van der Waals surface area contributed by atoms with Gasteiger partial charge in [0.25, 0.3) is 10.0 Å². The minimum absolute atomic E-state index is 0.274. The zero-order valence-corrected chi connectivity index (χ0v) is 15.4. The molecule has 0 aliphatic rings. The fourth-order valence-electron chi connectivity index (χ4n) is 2.58. The third-order valence-corrected chi connectivity index (χ3v) is 5.20. The Kier molecular flexibility index (Phi) is 6.26. The van der Waals surface area contributed by atoms with E-state index in [0.717, 1.165) is 37.2 Å². The molecule has 0 amide bonds. The lowest BCUT2D eigenvalue weighted by atomic mass is 10.2. The van der Waals surface area contributed by atoms with Crippen LogP contribution in [0.4, 0.5) is 11.4 Å². The Morgan fingerprint density at radius 2 is 1.42 bits per heavy atom. The molecule has 24 heavy (non-hydrogen) atoms. The molecule has 0 spiro atoms. The minimum Gasteiger partial charge on any atom is -0.372 e. The van der Waals surface area contributed by atoms with Gasteiger partial charge in [-0.25, -0.2) is 8.42 Å². The molecule has 0 saturated carbocycles. The SMILES string of the molecule is CCCN(CCC)c1ccc(NS(=O)(=O)c2ccc(C)cc2)cc1. The van der Waals surface area contributed by atoms with Crippen LogP contribution in [0.15, 0.2) is 53.4 Å². The summed E-state index contributed by atoms with van der Waals surface area (Å²) in [6.45, 7) is 8.25. The smallest absolute Gasteiger partial charge is 0.261 e. The summed E-state index contributed by atoms with van der Waals surface area (Å²) in [5.74, 6) is 0. The first-order chi connectivity index (χ1) is 11.5. The topological polar surface area (TPSA) is 49.4 Å². The Bertz CT molecular complexity index is 732. The van der Waals surface area contributed by atoms with Gasteiger partial charge < -0.3 is 4.90 Å². The van der Waals surface area contributed by atoms with E-state index in [1.54, 1.807) is 24.3 Å². The van der Waals surface area contributed by atoms with Gasteiger partial charge in [0.1, 0.15) is 0 Å². The fraction of sp³-hybridized carbons (Fsp3) is 0.368. The number of nitrogens with one attached hydrogen (secondary N) is 1. The molecule has 2 aromatic carbocycles. The van der Waals surface area contributed by atoms with E-state index in [1.807, 2.05) is 31.2 Å². The molecule has 0 atom stereocenters. The highest BCUT2D eigenvalue weighted by Gasteiger charge is 2.14. The van der Waals surface area contributed by atoms with Crippen molar-refractivity contribution in [3.05, 3.63) is 54.1 Å². The lowest BCUT2D eigenvalue weighted by molar-refractivity contribution is 0.601. The van der Waals surface area contributed by atoms with Crippen molar-refractivity contribution in [2.24, 2.45) is 0 Å². The molecule has 1 N–H and O–H groups in total. The van der Waals surface area contributed by atoms with Crippen LogP contribution < -0.4 is 9.62 Å². The van der Waals surface area contributed by atoms with Gasteiger partial charge in [-0.3, -0.25) is 4.72 Å². The van der Waals surface area contributed by atoms with Crippen molar-refractivity contribution in [3.8, 4) is 0 Å². The molecule has 130 valence electrons.